The van der Waals surface area contributed by atoms with E-state index in [2.05, 4.69) is 0 Å². The molecule has 1 fully saturated rings. The number of hydrogen-bond donors (Lipinski definition) is 0. The van der Waals surface area contributed by atoms with Gasteiger partial charge in [0.1, 0.15) is 0 Å². The number of carbonyl (C=O) groups excluding carboxylic acids is 2. The molecule has 17 heavy (non-hydrogen) atoms. The maximum atomic E-state index is 11.8. The molecule has 0 aromatic heterocycles. The maximum Gasteiger partial charge on any atom is 0.225 e. The average Bonchev–Trinajstić information content (AvgIpc) is 2.19. The largest absolute Gasteiger partial charge is 0.343 e. The second kappa shape index (κ2) is 5.52. The third-order valence-corrected chi connectivity index (χ3v) is 3.39. The fourth-order valence-electron chi connectivity index (χ4n) is 1.92. The normalized spacial score (nSPS) is 16.3. The minimum absolute atomic E-state index is 0.0602. The summed E-state index contributed by atoms with van der Waals surface area (Å²) in [4.78, 5) is 27.1. The first kappa shape index (κ1) is 14.0. The van der Waals surface area contributed by atoms with Crippen LogP contribution in [0.4, 0.5) is 0 Å². The Hall–Kier alpha value is -1.06. The molecule has 98 valence electrons. The number of hydrogen-bond acceptors (Lipinski definition) is 2. The van der Waals surface area contributed by atoms with Crippen LogP contribution in [0, 0.1) is 11.8 Å². The Labute approximate surface area is 104 Å². The highest BCUT2D eigenvalue weighted by molar-refractivity contribution is 5.80. The first-order valence-corrected chi connectivity index (χ1v) is 6.37. The highest BCUT2D eigenvalue weighted by atomic mass is 16.2. The number of nitrogens with zero attached hydrogens (tertiary/aromatic N) is 2. The van der Waals surface area contributed by atoms with Gasteiger partial charge < -0.3 is 9.80 Å². The summed E-state index contributed by atoms with van der Waals surface area (Å²) in [5.74, 6) is 0.795. The van der Waals surface area contributed by atoms with Crippen molar-refractivity contribution in [2.75, 3.05) is 20.1 Å². The Morgan fingerprint density at radius 1 is 1.24 bits per heavy atom. The molecule has 0 radical (unpaired) electrons. The van der Waals surface area contributed by atoms with Gasteiger partial charge in [-0.2, -0.15) is 0 Å². The Kier molecular flexibility index (Phi) is 4.54. The second-order valence-corrected chi connectivity index (χ2v) is 5.57. The molecule has 0 N–H and O–H groups in total. The van der Waals surface area contributed by atoms with Crippen LogP contribution in [0.25, 0.3) is 0 Å². The molecule has 0 aliphatic carbocycles. The van der Waals surface area contributed by atoms with Crippen LogP contribution in [0.5, 0.6) is 0 Å². The van der Waals surface area contributed by atoms with Crippen molar-refractivity contribution in [2.24, 2.45) is 11.8 Å². The van der Waals surface area contributed by atoms with Crippen LogP contribution in [0.15, 0.2) is 0 Å². The zero-order valence-electron chi connectivity index (χ0n) is 11.6. The van der Waals surface area contributed by atoms with E-state index in [0.29, 0.717) is 12.3 Å². The SMILES string of the molecule is CC(C)C(=O)N1CC(CC(=O)N(C)C(C)C)C1. The molecule has 1 aliphatic rings. The first-order valence-electron chi connectivity index (χ1n) is 6.37. The van der Waals surface area contributed by atoms with Crippen molar-refractivity contribution in [2.45, 2.75) is 40.2 Å². The van der Waals surface area contributed by atoms with Crippen molar-refractivity contribution in [3.05, 3.63) is 0 Å². The average molecular weight is 240 g/mol. The molecule has 0 spiro atoms. The standard InChI is InChI=1S/C13H24N2O2/c1-9(2)13(17)15-7-11(8-15)6-12(16)14(5)10(3)4/h9-11H,6-8H2,1-5H3. The maximum absolute atomic E-state index is 11.8. The lowest BCUT2D eigenvalue weighted by Gasteiger charge is -2.40. The van der Waals surface area contributed by atoms with Crippen molar-refractivity contribution in [1.29, 1.82) is 0 Å². The quantitative estimate of drug-likeness (QED) is 0.744. The lowest BCUT2D eigenvalue weighted by molar-refractivity contribution is -0.144. The minimum Gasteiger partial charge on any atom is -0.343 e. The van der Waals surface area contributed by atoms with E-state index < -0.39 is 0 Å². The fourth-order valence-corrected chi connectivity index (χ4v) is 1.92. The highest BCUT2D eigenvalue weighted by Gasteiger charge is 2.33. The summed E-state index contributed by atoms with van der Waals surface area (Å²) in [6.45, 7) is 9.32. The predicted molar refractivity (Wildman–Crippen MR) is 67.4 cm³/mol. The molecule has 1 aliphatic heterocycles. The van der Waals surface area contributed by atoms with E-state index in [0.717, 1.165) is 13.1 Å². The highest BCUT2D eigenvalue weighted by Crippen LogP contribution is 2.22. The molecule has 1 rings (SSSR count). The lowest BCUT2D eigenvalue weighted by atomic mass is 9.94. The molecule has 0 bridgehead atoms. The smallest absolute Gasteiger partial charge is 0.225 e. The zero-order valence-corrected chi connectivity index (χ0v) is 11.6. The Bertz CT molecular complexity index is 294. The number of rotatable bonds is 4. The van der Waals surface area contributed by atoms with Gasteiger partial charge in [0.2, 0.25) is 11.8 Å². The van der Waals surface area contributed by atoms with Gasteiger partial charge in [-0.1, -0.05) is 13.8 Å². The van der Waals surface area contributed by atoms with E-state index in [4.69, 9.17) is 0 Å². The van der Waals surface area contributed by atoms with Crippen molar-refractivity contribution in [3.63, 3.8) is 0 Å². The predicted octanol–water partition coefficient (Wildman–Crippen LogP) is 1.36. The number of likely N-dealkylation sites (tertiary alicyclic amines) is 1. The summed E-state index contributed by atoms with van der Waals surface area (Å²) in [5, 5.41) is 0. The first-order chi connectivity index (χ1) is 7.82. The van der Waals surface area contributed by atoms with E-state index in [9.17, 15) is 9.59 Å². The molecule has 1 saturated heterocycles. The van der Waals surface area contributed by atoms with Crippen LogP contribution in [-0.2, 0) is 9.59 Å². The summed E-state index contributed by atoms with van der Waals surface area (Å²) < 4.78 is 0. The van der Waals surface area contributed by atoms with Gasteiger partial charge in [0.05, 0.1) is 0 Å². The van der Waals surface area contributed by atoms with Gasteiger partial charge in [0, 0.05) is 44.4 Å². The summed E-state index contributed by atoms with van der Waals surface area (Å²) >= 11 is 0. The van der Waals surface area contributed by atoms with Gasteiger partial charge in [0.15, 0.2) is 0 Å². The Morgan fingerprint density at radius 2 is 1.76 bits per heavy atom. The molecular weight excluding hydrogens is 216 g/mol. The molecule has 1 heterocycles. The van der Waals surface area contributed by atoms with Gasteiger partial charge in [-0.3, -0.25) is 9.59 Å². The molecule has 0 atom stereocenters. The molecular formula is C13H24N2O2. The van der Waals surface area contributed by atoms with E-state index >= 15 is 0 Å². The van der Waals surface area contributed by atoms with E-state index in [1.54, 1.807) is 4.90 Å². The Balaban J connectivity index is 2.30. The van der Waals surface area contributed by atoms with Crippen LogP contribution in [0.3, 0.4) is 0 Å². The Morgan fingerprint density at radius 3 is 2.18 bits per heavy atom. The van der Waals surface area contributed by atoms with Gasteiger partial charge in [-0.15, -0.1) is 0 Å². The van der Waals surface area contributed by atoms with Crippen molar-refractivity contribution in [1.82, 2.24) is 9.80 Å². The number of amides is 2. The molecule has 4 nitrogen and oxygen atoms in total. The third kappa shape index (κ3) is 3.45. The number of carbonyl (C=O) groups is 2. The molecule has 0 unspecified atom stereocenters. The van der Waals surface area contributed by atoms with Gasteiger partial charge in [-0.05, 0) is 13.8 Å². The summed E-state index contributed by atoms with van der Waals surface area (Å²) in [6, 6.07) is 0.246. The molecule has 4 heteroatoms. The minimum atomic E-state index is 0.0602. The molecule has 0 aromatic carbocycles. The van der Waals surface area contributed by atoms with Gasteiger partial charge in [-0.25, -0.2) is 0 Å². The van der Waals surface area contributed by atoms with Crippen LogP contribution >= 0.6 is 0 Å². The van der Waals surface area contributed by atoms with Crippen LogP contribution in [0.1, 0.15) is 34.1 Å². The third-order valence-electron chi connectivity index (χ3n) is 3.39. The van der Waals surface area contributed by atoms with E-state index in [-0.39, 0.29) is 23.8 Å². The van der Waals surface area contributed by atoms with Crippen LogP contribution in [0.2, 0.25) is 0 Å². The van der Waals surface area contributed by atoms with Crippen molar-refractivity contribution < 1.29 is 9.59 Å². The molecule has 0 saturated carbocycles. The van der Waals surface area contributed by atoms with E-state index in [1.807, 2.05) is 39.6 Å². The molecule has 0 aromatic rings. The monoisotopic (exact) mass is 240 g/mol. The van der Waals surface area contributed by atoms with E-state index in [1.165, 1.54) is 0 Å². The second-order valence-electron chi connectivity index (χ2n) is 5.57. The van der Waals surface area contributed by atoms with Crippen LogP contribution < -0.4 is 0 Å². The molecule has 2 amide bonds. The van der Waals surface area contributed by atoms with Crippen LogP contribution in [-0.4, -0.2) is 47.8 Å². The lowest BCUT2D eigenvalue weighted by Crippen LogP contribution is -2.52. The van der Waals surface area contributed by atoms with Gasteiger partial charge in [0.25, 0.3) is 0 Å². The zero-order chi connectivity index (χ0) is 13.2. The summed E-state index contributed by atoms with van der Waals surface area (Å²) in [7, 11) is 1.84. The van der Waals surface area contributed by atoms with Crippen molar-refractivity contribution >= 4 is 11.8 Å². The topological polar surface area (TPSA) is 40.6 Å². The summed E-state index contributed by atoms with van der Waals surface area (Å²) in [6.07, 6.45) is 0.566. The van der Waals surface area contributed by atoms with Gasteiger partial charge >= 0.3 is 0 Å². The fraction of sp³-hybridized carbons (Fsp3) is 0.846. The summed E-state index contributed by atoms with van der Waals surface area (Å²) in [5.41, 5.74) is 0. The van der Waals surface area contributed by atoms with Crippen molar-refractivity contribution in [3.8, 4) is 0 Å².